The van der Waals surface area contributed by atoms with Gasteiger partial charge in [-0.3, -0.25) is 9.59 Å². The van der Waals surface area contributed by atoms with Gasteiger partial charge in [-0.2, -0.15) is 0 Å². The second-order valence-corrected chi connectivity index (χ2v) is 8.66. The van der Waals surface area contributed by atoms with Crippen molar-refractivity contribution in [1.82, 2.24) is 20.2 Å². The first kappa shape index (κ1) is 22.0. The molecule has 168 valence electrons. The van der Waals surface area contributed by atoms with Crippen LogP contribution in [-0.4, -0.2) is 44.9 Å². The fourth-order valence-electron chi connectivity index (χ4n) is 4.56. The number of hydrogen-bond donors (Lipinski definition) is 3. The summed E-state index contributed by atoms with van der Waals surface area (Å²) in [6, 6.07) is 15.0. The molecule has 0 radical (unpaired) electrons. The first-order valence-electron chi connectivity index (χ1n) is 11.2. The predicted octanol–water partition coefficient (Wildman–Crippen LogP) is 3.27. The van der Waals surface area contributed by atoms with Gasteiger partial charge in [0.25, 0.3) is 0 Å². The van der Waals surface area contributed by atoms with Gasteiger partial charge in [0.15, 0.2) is 0 Å². The molecular formula is C25H30N4O3. The largest absolute Gasteiger partial charge is 0.395 e. The van der Waals surface area contributed by atoms with Crippen LogP contribution >= 0.6 is 0 Å². The highest BCUT2D eigenvalue weighted by atomic mass is 16.3. The molecule has 7 heteroatoms. The predicted molar refractivity (Wildman–Crippen MR) is 123 cm³/mol. The third kappa shape index (κ3) is 4.39. The minimum Gasteiger partial charge on any atom is -0.395 e. The molecular weight excluding hydrogens is 404 g/mol. The summed E-state index contributed by atoms with van der Waals surface area (Å²) < 4.78 is 0. The Kier molecular flexibility index (Phi) is 6.55. The molecule has 1 heterocycles. The Labute approximate surface area is 187 Å². The first-order chi connectivity index (χ1) is 15.5. The van der Waals surface area contributed by atoms with Crippen molar-refractivity contribution in [3.63, 3.8) is 0 Å². The lowest BCUT2D eigenvalue weighted by Crippen LogP contribution is -2.48. The Morgan fingerprint density at radius 2 is 1.94 bits per heavy atom. The van der Waals surface area contributed by atoms with Crippen LogP contribution in [0.25, 0.3) is 11.0 Å². The SMILES string of the molecule is CC(C)C(NC(=O)C(=O)N(CCO)C1CCCc2ccccc21)c1nc2ccccc2[nH]1. The van der Waals surface area contributed by atoms with Gasteiger partial charge in [-0.15, -0.1) is 0 Å². The molecule has 0 bridgehead atoms. The Balaban J connectivity index is 1.57. The van der Waals surface area contributed by atoms with Gasteiger partial charge in [-0.1, -0.05) is 50.2 Å². The van der Waals surface area contributed by atoms with Crippen LogP contribution in [0.4, 0.5) is 0 Å². The minimum absolute atomic E-state index is 0.0222. The molecule has 0 fully saturated rings. The van der Waals surface area contributed by atoms with E-state index in [4.69, 9.17) is 0 Å². The molecule has 0 saturated carbocycles. The molecule has 2 atom stereocenters. The van der Waals surface area contributed by atoms with Gasteiger partial charge in [0.2, 0.25) is 0 Å². The van der Waals surface area contributed by atoms with Gasteiger partial charge in [0, 0.05) is 6.54 Å². The number of imidazole rings is 1. The van der Waals surface area contributed by atoms with Crippen LogP contribution in [0.2, 0.25) is 0 Å². The van der Waals surface area contributed by atoms with Crippen molar-refractivity contribution in [3.8, 4) is 0 Å². The normalized spacial score (nSPS) is 16.6. The molecule has 7 nitrogen and oxygen atoms in total. The summed E-state index contributed by atoms with van der Waals surface area (Å²) in [6.45, 7) is 3.87. The summed E-state index contributed by atoms with van der Waals surface area (Å²) in [7, 11) is 0. The minimum atomic E-state index is -0.680. The third-order valence-electron chi connectivity index (χ3n) is 6.17. The fourth-order valence-corrected chi connectivity index (χ4v) is 4.56. The van der Waals surface area contributed by atoms with Crippen LogP contribution in [0.5, 0.6) is 0 Å². The summed E-state index contributed by atoms with van der Waals surface area (Å²) in [5, 5.41) is 12.5. The molecule has 0 aliphatic heterocycles. The maximum Gasteiger partial charge on any atom is 0.312 e. The first-order valence-corrected chi connectivity index (χ1v) is 11.2. The zero-order valence-electron chi connectivity index (χ0n) is 18.5. The highest BCUT2D eigenvalue weighted by Crippen LogP contribution is 2.34. The second-order valence-electron chi connectivity index (χ2n) is 8.66. The number of aromatic nitrogens is 2. The van der Waals surface area contributed by atoms with Crippen LogP contribution in [0.15, 0.2) is 48.5 Å². The van der Waals surface area contributed by atoms with E-state index in [1.807, 2.05) is 56.3 Å². The number of carbonyl (C=O) groups is 2. The zero-order valence-corrected chi connectivity index (χ0v) is 18.5. The van der Waals surface area contributed by atoms with Crippen molar-refractivity contribution in [3.05, 3.63) is 65.5 Å². The lowest BCUT2D eigenvalue weighted by Gasteiger charge is -2.35. The summed E-state index contributed by atoms with van der Waals surface area (Å²) in [6.07, 6.45) is 2.67. The highest BCUT2D eigenvalue weighted by Gasteiger charge is 2.34. The van der Waals surface area contributed by atoms with Gasteiger partial charge < -0.3 is 20.3 Å². The number of rotatable bonds is 6. The highest BCUT2D eigenvalue weighted by molar-refractivity contribution is 6.35. The summed E-state index contributed by atoms with van der Waals surface area (Å²) >= 11 is 0. The molecule has 3 N–H and O–H groups in total. The molecule has 3 aromatic rings. The Morgan fingerprint density at radius 1 is 1.19 bits per heavy atom. The molecule has 0 saturated heterocycles. The molecule has 2 aromatic carbocycles. The lowest BCUT2D eigenvalue weighted by atomic mass is 9.86. The van der Waals surface area contributed by atoms with E-state index in [9.17, 15) is 14.7 Å². The van der Waals surface area contributed by atoms with Crippen molar-refractivity contribution >= 4 is 22.8 Å². The quantitative estimate of drug-likeness (QED) is 0.519. The molecule has 0 spiro atoms. The van der Waals surface area contributed by atoms with Gasteiger partial charge in [0.1, 0.15) is 5.82 Å². The van der Waals surface area contributed by atoms with Gasteiger partial charge >= 0.3 is 11.8 Å². The number of H-pyrrole nitrogens is 1. The van der Waals surface area contributed by atoms with Crippen LogP contribution in [-0.2, 0) is 16.0 Å². The summed E-state index contributed by atoms with van der Waals surface area (Å²) in [5.41, 5.74) is 3.96. The van der Waals surface area contributed by atoms with E-state index in [2.05, 4.69) is 21.4 Å². The molecule has 2 unspecified atom stereocenters. The average molecular weight is 435 g/mol. The number of para-hydroxylation sites is 2. The standard InChI is InChI=1S/C25H30N4O3/c1-16(2)22(23-26-19-11-5-6-12-20(19)27-23)28-24(31)25(32)29(14-15-30)21-13-7-9-17-8-3-4-10-18(17)21/h3-6,8,10-12,16,21-22,30H,7,9,13-15H2,1-2H3,(H,26,27)(H,28,31). The number of aliphatic hydroxyl groups excluding tert-OH is 1. The van der Waals surface area contributed by atoms with E-state index in [-0.39, 0.29) is 25.1 Å². The van der Waals surface area contributed by atoms with E-state index < -0.39 is 17.9 Å². The molecule has 2 amide bonds. The van der Waals surface area contributed by atoms with Crippen molar-refractivity contribution < 1.29 is 14.7 Å². The topological polar surface area (TPSA) is 98.3 Å². The number of aliphatic hydroxyl groups is 1. The number of nitrogens with zero attached hydrogens (tertiary/aromatic N) is 2. The van der Waals surface area contributed by atoms with Crippen LogP contribution < -0.4 is 5.32 Å². The Bertz CT molecular complexity index is 1070. The van der Waals surface area contributed by atoms with Crippen LogP contribution in [0, 0.1) is 5.92 Å². The zero-order chi connectivity index (χ0) is 22.7. The molecule has 1 aliphatic carbocycles. The van der Waals surface area contributed by atoms with Gasteiger partial charge in [-0.05, 0) is 48.4 Å². The van der Waals surface area contributed by atoms with Crippen LogP contribution in [0.3, 0.4) is 0 Å². The number of fused-ring (bicyclic) bond motifs is 2. The van der Waals surface area contributed by atoms with E-state index in [1.54, 1.807) is 0 Å². The molecule has 1 aliphatic rings. The third-order valence-corrected chi connectivity index (χ3v) is 6.17. The number of nitrogens with one attached hydrogen (secondary N) is 2. The smallest absolute Gasteiger partial charge is 0.312 e. The van der Waals surface area contributed by atoms with Crippen molar-refractivity contribution in [2.24, 2.45) is 5.92 Å². The fraction of sp³-hybridized carbons (Fsp3) is 0.400. The van der Waals surface area contributed by atoms with Crippen molar-refractivity contribution in [1.29, 1.82) is 0 Å². The number of aryl methyl sites for hydroxylation is 1. The van der Waals surface area contributed by atoms with E-state index in [0.29, 0.717) is 5.82 Å². The van der Waals surface area contributed by atoms with Crippen molar-refractivity contribution in [2.75, 3.05) is 13.2 Å². The second kappa shape index (κ2) is 9.53. The number of aromatic amines is 1. The van der Waals surface area contributed by atoms with E-state index in [0.717, 1.165) is 35.9 Å². The number of amides is 2. The van der Waals surface area contributed by atoms with E-state index >= 15 is 0 Å². The maximum absolute atomic E-state index is 13.3. The number of benzene rings is 2. The van der Waals surface area contributed by atoms with Gasteiger partial charge in [0.05, 0.1) is 29.7 Å². The average Bonchev–Trinajstić information content (AvgIpc) is 3.23. The number of carbonyl (C=O) groups excluding carboxylic acids is 2. The summed E-state index contributed by atoms with van der Waals surface area (Å²) in [4.78, 5) is 35.8. The maximum atomic E-state index is 13.3. The Hall–Kier alpha value is -3.19. The van der Waals surface area contributed by atoms with Gasteiger partial charge in [-0.25, -0.2) is 4.98 Å². The van der Waals surface area contributed by atoms with Crippen molar-refractivity contribution in [2.45, 2.75) is 45.2 Å². The lowest BCUT2D eigenvalue weighted by molar-refractivity contribution is -0.148. The monoisotopic (exact) mass is 434 g/mol. The number of hydrogen-bond acceptors (Lipinski definition) is 4. The summed E-state index contributed by atoms with van der Waals surface area (Å²) in [5.74, 6) is -0.656. The Morgan fingerprint density at radius 3 is 2.69 bits per heavy atom. The van der Waals surface area contributed by atoms with E-state index in [1.165, 1.54) is 10.5 Å². The molecule has 32 heavy (non-hydrogen) atoms. The molecule has 4 rings (SSSR count). The molecule has 1 aromatic heterocycles. The van der Waals surface area contributed by atoms with Crippen LogP contribution in [0.1, 0.15) is 55.7 Å².